The summed E-state index contributed by atoms with van der Waals surface area (Å²) >= 11 is 5.28. The highest BCUT2D eigenvalue weighted by molar-refractivity contribution is 7.80. The number of likely N-dealkylation sites (N-methyl/N-ethyl adjacent to an activating group) is 1. The number of carbonyl (C=O) groups is 1. The first kappa shape index (κ1) is 22.9. The molecule has 2 N–H and O–H groups in total. The standard InChI is InChI=1S/C23H28N6O3S/c1-26-12-14-27(15-13-26)19-7-5-18(6-8-19)24-23(33)25-22(30)17-4-9-20(21(16-17)29(31)32)28-10-2-3-11-28/h4-9,16H,2-3,10-15H2,1H3,(H2,24,25,30,33). The van der Waals surface area contributed by atoms with E-state index in [1.165, 1.54) is 6.07 Å². The third kappa shape index (κ3) is 5.58. The van der Waals surface area contributed by atoms with Gasteiger partial charge in [0.25, 0.3) is 11.6 Å². The number of thiocarbonyl (C=S) groups is 1. The van der Waals surface area contributed by atoms with Gasteiger partial charge in [0.2, 0.25) is 0 Å². The summed E-state index contributed by atoms with van der Waals surface area (Å²) < 4.78 is 0. The van der Waals surface area contributed by atoms with Crippen LogP contribution in [0.4, 0.5) is 22.7 Å². The number of nitro benzene ring substituents is 1. The second kappa shape index (κ2) is 10.1. The van der Waals surface area contributed by atoms with Crippen LogP contribution in [0.25, 0.3) is 0 Å². The molecule has 0 saturated carbocycles. The van der Waals surface area contributed by atoms with Crippen molar-refractivity contribution in [3.8, 4) is 0 Å². The minimum Gasteiger partial charge on any atom is -0.369 e. The Kier molecular flexibility index (Phi) is 7.05. The third-order valence-corrected chi connectivity index (χ3v) is 6.31. The molecule has 0 spiro atoms. The van der Waals surface area contributed by atoms with E-state index in [1.54, 1.807) is 12.1 Å². The van der Waals surface area contributed by atoms with E-state index in [2.05, 4.69) is 27.5 Å². The predicted octanol–water partition coefficient (Wildman–Crippen LogP) is 3.07. The van der Waals surface area contributed by atoms with Crippen LogP contribution in [0.2, 0.25) is 0 Å². The molecule has 0 atom stereocenters. The zero-order chi connectivity index (χ0) is 23.4. The summed E-state index contributed by atoms with van der Waals surface area (Å²) in [5.41, 5.74) is 2.58. The number of carbonyl (C=O) groups excluding carboxylic acids is 1. The van der Waals surface area contributed by atoms with Gasteiger partial charge in [0.1, 0.15) is 5.69 Å². The summed E-state index contributed by atoms with van der Waals surface area (Å²) in [6.07, 6.45) is 2.02. The van der Waals surface area contributed by atoms with Gasteiger partial charge in [-0.2, -0.15) is 0 Å². The quantitative estimate of drug-likeness (QED) is 0.393. The molecule has 2 aliphatic rings. The molecule has 0 unspecified atom stereocenters. The Hall–Kier alpha value is -3.24. The number of amides is 1. The fourth-order valence-electron chi connectivity index (χ4n) is 4.19. The number of anilines is 3. The van der Waals surface area contributed by atoms with Gasteiger partial charge in [0, 0.05) is 62.3 Å². The lowest BCUT2D eigenvalue weighted by molar-refractivity contribution is -0.384. The van der Waals surface area contributed by atoms with E-state index in [9.17, 15) is 14.9 Å². The first-order valence-corrected chi connectivity index (χ1v) is 11.5. The van der Waals surface area contributed by atoms with Gasteiger partial charge in [-0.1, -0.05) is 0 Å². The van der Waals surface area contributed by atoms with E-state index < -0.39 is 10.8 Å². The number of benzene rings is 2. The molecular weight excluding hydrogens is 440 g/mol. The summed E-state index contributed by atoms with van der Waals surface area (Å²) in [7, 11) is 2.12. The van der Waals surface area contributed by atoms with Crippen LogP contribution in [-0.4, -0.2) is 67.2 Å². The molecule has 174 valence electrons. The van der Waals surface area contributed by atoms with Crippen molar-refractivity contribution >= 4 is 46.0 Å². The van der Waals surface area contributed by atoms with Crippen molar-refractivity contribution in [3.05, 3.63) is 58.1 Å². The number of hydrogen-bond donors (Lipinski definition) is 2. The first-order valence-electron chi connectivity index (χ1n) is 11.1. The highest BCUT2D eigenvalue weighted by atomic mass is 32.1. The molecule has 10 heteroatoms. The number of piperazine rings is 1. The number of nitro groups is 1. The maximum atomic E-state index is 12.7. The predicted molar refractivity (Wildman–Crippen MR) is 134 cm³/mol. The molecule has 0 radical (unpaired) electrons. The SMILES string of the molecule is CN1CCN(c2ccc(NC(=S)NC(=O)c3ccc(N4CCCC4)c([N+](=O)[O-])c3)cc2)CC1. The second-order valence-electron chi connectivity index (χ2n) is 8.40. The highest BCUT2D eigenvalue weighted by Gasteiger charge is 2.24. The highest BCUT2D eigenvalue weighted by Crippen LogP contribution is 2.31. The fraction of sp³-hybridized carbons (Fsp3) is 0.391. The van der Waals surface area contributed by atoms with Crippen molar-refractivity contribution in [1.82, 2.24) is 10.2 Å². The molecule has 2 aliphatic heterocycles. The largest absolute Gasteiger partial charge is 0.369 e. The molecule has 0 aliphatic carbocycles. The molecule has 0 aromatic heterocycles. The topological polar surface area (TPSA) is 94.0 Å². The van der Waals surface area contributed by atoms with Gasteiger partial charge < -0.3 is 20.0 Å². The lowest BCUT2D eigenvalue weighted by Gasteiger charge is -2.34. The van der Waals surface area contributed by atoms with Crippen LogP contribution in [0, 0.1) is 10.1 Å². The van der Waals surface area contributed by atoms with Crippen molar-refractivity contribution in [2.45, 2.75) is 12.8 Å². The Labute approximate surface area is 198 Å². The minimum absolute atomic E-state index is 0.0667. The molecule has 2 fully saturated rings. The summed E-state index contributed by atoms with van der Waals surface area (Å²) in [5, 5.41) is 17.3. The average molecular weight is 469 g/mol. The molecule has 4 rings (SSSR count). The molecule has 33 heavy (non-hydrogen) atoms. The van der Waals surface area contributed by atoms with Gasteiger partial charge in [-0.15, -0.1) is 0 Å². The van der Waals surface area contributed by atoms with Crippen molar-refractivity contribution in [2.75, 3.05) is 61.4 Å². The number of nitrogens with zero attached hydrogens (tertiary/aromatic N) is 4. The Bertz CT molecular complexity index is 1030. The second-order valence-corrected chi connectivity index (χ2v) is 8.81. The van der Waals surface area contributed by atoms with Gasteiger partial charge in [-0.3, -0.25) is 20.2 Å². The number of hydrogen-bond acceptors (Lipinski definition) is 7. The molecule has 0 bridgehead atoms. The van der Waals surface area contributed by atoms with Gasteiger partial charge in [0.15, 0.2) is 5.11 Å². The van der Waals surface area contributed by atoms with Crippen molar-refractivity contribution in [3.63, 3.8) is 0 Å². The molecule has 1 amide bonds. The minimum atomic E-state index is -0.488. The monoisotopic (exact) mass is 468 g/mol. The molecule has 2 heterocycles. The van der Waals surface area contributed by atoms with E-state index in [-0.39, 0.29) is 16.4 Å². The van der Waals surface area contributed by atoms with Crippen LogP contribution in [0.3, 0.4) is 0 Å². The van der Waals surface area contributed by atoms with E-state index >= 15 is 0 Å². The third-order valence-electron chi connectivity index (χ3n) is 6.10. The van der Waals surface area contributed by atoms with E-state index in [0.717, 1.165) is 63.5 Å². The molecule has 9 nitrogen and oxygen atoms in total. The summed E-state index contributed by atoms with van der Waals surface area (Å²) in [6.45, 7) is 5.61. The van der Waals surface area contributed by atoms with E-state index in [1.807, 2.05) is 29.2 Å². The maximum absolute atomic E-state index is 12.7. The van der Waals surface area contributed by atoms with Gasteiger partial charge >= 0.3 is 0 Å². The van der Waals surface area contributed by atoms with Gasteiger partial charge in [-0.05, 0) is 68.5 Å². The van der Waals surface area contributed by atoms with Crippen molar-refractivity contribution in [2.24, 2.45) is 0 Å². The summed E-state index contributed by atoms with van der Waals surface area (Å²) in [4.78, 5) is 30.4. The Balaban J connectivity index is 1.37. The van der Waals surface area contributed by atoms with Crippen molar-refractivity contribution in [1.29, 1.82) is 0 Å². The van der Waals surface area contributed by atoms with Crippen LogP contribution < -0.4 is 20.4 Å². The smallest absolute Gasteiger partial charge is 0.293 e. The van der Waals surface area contributed by atoms with Crippen LogP contribution >= 0.6 is 12.2 Å². The number of rotatable bonds is 5. The Morgan fingerprint density at radius 3 is 2.27 bits per heavy atom. The summed E-state index contributed by atoms with van der Waals surface area (Å²) in [6, 6.07) is 12.5. The lowest BCUT2D eigenvalue weighted by atomic mass is 10.1. The zero-order valence-electron chi connectivity index (χ0n) is 18.6. The average Bonchev–Trinajstić information content (AvgIpc) is 3.34. The lowest BCUT2D eigenvalue weighted by Crippen LogP contribution is -2.44. The molecule has 2 aromatic carbocycles. The van der Waals surface area contributed by atoms with Crippen LogP contribution in [0.15, 0.2) is 42.5 Å². The van der Waals surface area contributed by atoms with Gasteiger partial charge in [0.05, 0.1) is 4.92 Å². The van der Waals surface area contributed by atoms with Crippen LogP contribution in [0.1, 0.15) is 23.2 Å². The van der Waals surface area contributed by atoms with E-state index in [0.29, 0.717) is 5.69 Å². The fourth-order valence-corrected chi connectivity index (χ4v) is 4.40. The Morgan fingerprint density at radius 1 is 0.970 bits per heavy atom. The molecule has 2 saturated heterocycles. The molecule has 2 aromatic rings. The van der Waals surface area contributed by atoms with Crippen LogP contribution in [-0.2, 0) is 0 Å². The maximum Gasteiger partial charge on any atom is 0.293 e. The molecular formula is C23H28N6O3S. The number of nitrogens with one attached hydrogen (secondary N) is 2. The van der Waals surface area contributed by atoms with E-state index in [4.69, 9.17) is 12.2 Å². The summed E-state index contributed by atoms with van der Waals surface area (Å²) in [5.74, 6) is -0.488. The van der Waals surface area contributed by atoms with Crippen molar-refractivity contribution < 1.29 is 9.72 Å². The normalized spacial score (nSPS) is 16.5. The van der Waals surface area contributed by atoms with Gasteiger partial charge in [-0.25, -0.2) is 0 Å². The first-order chi connectivity index (χ1) is 15.9. The Morgan fingerprint density at radius 2 is 1.64 bits per heavy atom. The zero-order valence-corrected chi connectivity index (χ0v) is 19.4. The van der Waals surface area contributed by atoms with Crippen LogP contribution in [0.5, 0.6) is 0 Å².